The van der Waals surface area contributed by atoms with Crippen molar-refractivity contribution in [2.45, 2.75) is 19.4 Å². The molecule has 0 spiro atoms. The molecule has 1 aromatic rings. The second-order valence-corrected chi connectivity index (χ2v) is 3.45. The van der Waals surface area contributed by atoms with Gasteiger partial charge in [-0.2, -0.15) is 0 Å². The second-order valence-electron chi connectivity index (χ2n) is 3.45. The molecule has 1 atom stereocenters. The average molecular weight is 255 g/mol. The van der Waals surface area contributed by atoms with Gasteiger partial charge in [-0.25, -0.2) is 4.79 Å². The predicted molar refractivity (Wildman–Crippen MR) is 62.0 cm³/mol. The molecule has 0 radical (unpaired) electrons. The number of hydrogen-bond acceptors (Lipinski definition) is 5. The number of rotatable bonds is 6. The Hall–Kier alpha value is -2.31. The Bertz CT molecular complexity index is 459. The van der Waals surface area contributed by atoms with Crippen LogP contribution in [0.5, 0.6) is 11.5 Å². The first kappa shape index (κ1) is 13.8. The molecule has 0 saturated carbocycles. The first-order valence-electron chi connectivity index (χ1n) is 5.21. The Balaban J connectivity index is 3.07. The fourth-order valence-electron chi connectivity index (χ4n) is 1.33. The minimum absolute atomic E-state index is 0.0425. The lowest BCUT2D eigenvalue weighted by Crippen LogP contribution is -2.26. The summed E-state index contributed by atoms with van der Waals surface area (Å²) < 4.78 is 10.2. The maximum Gasteiger partial charge on any atom is 0.344 e. The van der Waals surface area contributed by atoms with Crippen LogP contribution >= 0.6 is 0 Å². The SMILES string of the molecule is CCC(Oc1cc([N+](=O)[O-])ccc1OC)C(=O)O. The van der Waals surface area contributed by atoms with E-state index < -0.39 is 17.0 Å². The third-order valence-corrected chi connectivity index (χ3v) is 2.27. The molecule has 0 aromatic heterocycles. The van der Waals surface area contributed by atoms with E-state index in [0.29, 0.717) is 0 Å². The lowest BCUT2D eigenvalue weighted by molar-refractivity contribution is -0.385. The highest BCUT2D eigenvalue weighted by Gasteiger charge is 2.20. The Morgan fingerprint density at radius 1 is 1.50 bits per heavy atom. The number of nitrogens with zero attached hydrogens (tertiary/aromatic N) is 1. The van der Waals surface area contributed by atoms with E-state index in [1.807, 2.05) is 0 Å². The van der Waals surface area contributed by atoms with Gasteiger partial charge in [-0.15, -0.1) is 0 Å². The summed E-state index contributed by atoms with van der Waals surface area (Å²) in [6.45, 7) is 1.64. The number of non-ortho nitro benzene ring substituents is 1. The highest BCUT2D eigenvalue weighted by molar-refractivity contribution is 5.72. The van der Waals surface area contributed by atoms with Crippen molar-refractivity contribution in [1.82, 2.24) is 0 Å². The lowest BCUT2D eigenvalue weighted by atomic mass is 10.2. The van der Waals surface area contributed by atoms with E-state index in [4.69, 9.17) is 14.6 Å². The molecule has 0 aliphatic rings. The van der Waals surface area contributed by atoms with Crippen molar-refractivity contribution in [1.29, 1.82) is 0 Å². The van der Waals surface area contributed by atoms with Gasteiger partial charge in [0.05, 0.1) is 18.1 Å². The number of ether oxygens (including phenoxy) is 2. The Kier molecular flexibility index (Phi) is 4.47. The summed E-state index contributed by atoms with van der Waals surface area (Å²) in [6.07, 6.45) is -0.831. The molecule has 0 aliphatic heterocycles. The minimum Gasteiger partial charge on any atom is -0.493 e. The van der Waals surface area contributed by atoms with Crippen LogP contribution in [0.25, 0.3) is 0 Å². The molecule has 18 heavy (non-hydrogen) atoms. The molecule has 0 bridgehead atoms. The number of aliphatic carboxylic acids is 1. The zero-order chi connectivity index (χ0) is 13.7. The molecule has 0 heterocycles. The lowest BCUT2D eigenvalue weighted by Gasteiger charge is -2.15. The third kappa shape index (κ3) is 3.09. The number of carboxylic acid groups (broad SMARTS) is 1. The van der Waals surface area contributed by atoms with Crippen LogP contribution in [0.4, 0.5) is 5.69 Å². The van der Waals surface area contributed by atoms with Crippen LogP contribution in [-0.2, 0) is 4.79 Å². The standard InChI is InChI=1S/C11H13NO6/c1-3-8(11(13)14)18-10-6-7(12(15)16)4-5-9(10)17-2/h4-6,8H,3H2,1-2H3,(H,13,14). The van der Waals surface area contributed by atoms with Crippen molar-refractivity contribution in [2.24, 2.45) is 0 Å². The average Bonchev–Trinajstić information content (AvgIpc) is 2.35. The normalized spacial score (nSPS) is 11.7. The van der Waals surface area contributed by atoms with Gasteiger partial charge in [0, 0.05) is 6.07 Å². The van der Waals surface area contributed by atoms with Crippen molar-refractivity contribution in [2.75, 3.05) is 7.11 Å². The molecule has 1 N–H and O–H groups in total. The molecule has 7 nitrogen and oxygen atoms in total. The van der Waals surface area contributed by atoms with E-state index >= 15 is 0 Å². The fraction of sp³-hybridized carbons (Fsp3) is 0.364. The third-order valence-electron chi connectivity index (χ3n) is 2.27. The van der Waals surface area contributed by atoms with Gasteiger partial charge in [0.25, 0.3) is 5.69 Å². The molecular formula is C11H13NO6. The second kappa shape index (κ2) is 5.85. The van der Waals surface area contributed by atoms with E-state index in [9.17, 15) is 14.9 Å². The maximum atomic E-state index is 10.9. The van der Waals surface area contributed by atoms with Gasteiger partial charge < -0.3 is 14.6 Å². The van der Waals surface area contributed by atoms with Crippen LogP contribution in [0, 0.1) is 10.1 Å². The first-order chi connectivity index (χ1) is 8.49. The van der Waals surface area contributed by atoms with Gasteiger partial charge >= 0.3 is 5.97 Å². The highest BCUT2D eigenvalue weighted by Crippen LogP contribution is 2.32. The molecule has 0 saturated heterocycles. The van der Waals surface area contributed by atoms with E-state index in [0.717, 1.165) is 6.07 Å². The highest BCUT2D eigenvalue weighted by atomic mass is 16.6. The number of carbonyl (C=O) groups is 1. The Labute approximate surface area is 103 Å². The van der Waals surface area contributed by atoms with Crippen molar-refractivity contribution in [3.05, 3.63) is 28.3 Å². The predicted octanol–water partition coefficient (Wildman–Crippen LogP) is 1.85. The van der Waals surface area contributed by atoms with Gasteiger partial charge in [0.2, 0.25) is 0 Å². The zero-order valence-electron chi connectivity index (χ0n) is 9.95. The molecule has 98 valence electrons. The van der Waals surface area contributed by atoms with E-state index in [1.165, 1.54) is 19.2 Å². The van der Waals surface area contributed by atoms with Crippen molar-refractivity contribution in [3.8, 4) is 11.5 Å². The summed E-state index contributed by atoms with van der Waals surface area (Å²) in [4.78, 5) is 20.9. The summed E-state index contributed by atoms with van der Waals surface area (Å²) in [5.74, 6) is -0.840. The summed E-state index contributed by atoms with van der Waals surface area (Å²) in [5, 5.41) is 19.5. The fourth-order valence-corrected chi connectivity index (χ4v) is 1.33. The molecule has 0 fully saturated rings. The van der Waals surface area contributed by atoms with Gasteiger partial charge in [-0.3, -0.25) is 10.1 Å². The molecule has 0 amide bonds. The Morgan fingerprint density at radius 3 is 2.61 bits per heavy atom. The van der Waals surface area contributed by atoms with Gasteiger partial charge in [0.15, 0.2) is 17.6 Å². The first-order valence-corrected chi connectivity index (χ1v) is 5.21. The molecule has 7 heteroatoms. The summed E-state index contributed by atoms with van der Waals surface area (Å²) in [6, 6.07) is 3.76. The van der Waals surface area contributed by atoms with Crippen LogP contribution in [0.3, 0.4) is 0 Å². The number of nitro benzene ring substituents is 1. The van der Waals surface area contributed by atoms with Gasteiger partial charge in [-0.05, 0) is 12.5 Å². The quantitative estimate of drug-likeness (QED) is 0.615. The van der Waals surface area contributed by atoms with Crippen molar-refractivity contribution >= 4 is 11.7 Å². The molecule has 1 aromatic carbocycles. The van der Waals surface area contributed by atoms with Crippen molar-refractivity contribution < 1.29 is 24.3 Å². The van der Waals surface area contributed by atoms with E-state index in [1.54, 1.807) is 6.92 Å². The van der Waals surface area contributed by atoms with Gasteiger partial charge in [0.1, 0.15) is 0 Å². The molecule has 1 rings (SSSR count). The minimum atomic E-state index is -1.13. The van der Waals surface area contributed by atoms with Crippen LogP contribution in [0.1, 0.15) is 13.3 Å². The number of hydrogen-bond donors (Lipinski definition) is 1. The van der Waals surface area contributed by atoms with E-state index in [-0.39, 0.29) is 23.6 Å². The number of methoxy groups -OCH3 is 1. The topological polar surface area (TPSA) is 98.9 Å². The molecule has 1 unspecified atom stereocenters. The van der Waals surface area contributed by atoms with Crippen LogP contribution < -0.4 is 9.47 Å². The van der Waals surface area contributed by atoms with Crippen molar-refractivity contribution in [3.63, 3.8) is 0 Å². The Morgan fingerprint density at radius 2 is 2.17 bits per heavy atom. The maximum absolute atomic E-state index is 10.9. The summed E-state index contributed by atoms with van der Waals surface area (Å²) >= 11 is 0. The number of carboxylic acids is 1. The largest absolute Gasteiger partial charge is 0.493 e. The number of benzene rings is 1. The molecule has 0 aliphatic carbocycles. The van der Waals surface area contributed by atoms with Crippen LogP contribution in [0.15, 0.2) is 18.2 Å². The summed E-state index contributed by atoms with van der Waals surface area (Å²) in [7, 11) is 1.37. The van der Waals surface area contributed by atoms with Crippen LogP contribution in [0.2, 0.25) is 0 Å². The smallest absolute Gasteiger partial charge is 0.344 e. The van der Waals surface area contributed by atoms with Gasteiger partial charge in [-0.1, -0.05) is 6.92 Å². The summed E-state index contributed by atoms with van der Waals surface area (Å²) in [5.41, 5.74) is -0.189. The monoisotopic (exact) mass is 255 g/mol. The zero-order valence-corrected chi connectivity index (χ0v) is 9.95. The molecular weight excluding hydrogens is 242 g/mol. The number of nitro groups is 1. The van der Waals surface area contributed by atoms with Crippen LogP contribution in [-0.4, -0.2) is 29.2 Å². The van der Waals surface area contributed by atoms with E-state index in [2.05, 4.69) is 0 Å².